The molecule has 47 heavy (non-hydrogen) atoms. The van der Waals surface area contributed by atoms with Crippen molar-refractivity contribution in [2.24, 2.45) is 11.8 Å². The van der Waals surface area contributed by atoms with Crippen LogP contribution in [0.15, 0.2) is 85.1 Å². The highest BCUT2D eigenvalue weighted by atomic mass is 16.2. The predicted molar refractivity (Wildman–Crippen MR) is 185 cm³/mol. The molecule has 3 heterocycles. The summed E-state index contributed by atoms with van der Waals surface area (Å²) in [5, 5.41) is 3.03. The van der Waals surface area contributed by atoms with Gasteiger partial charge in [-0.2, -0.15) is 0 Å². The van der Waals surface area contributed by atoms with Gasteiger partial charge < -0.3 is 20.1 Å². The molecule has 2 N–H and O–H groups in total. The van der Waals surface area contributed by atoms with Gasteiger partial charge in [-0.3, -0.25) is 14.4 Å². The maximum absolute atomic E-state index is 13.4. The van der Waals surface area contributed by atoms with E-state index in [0.717, 1.165) is 59.6 Å². The lowest BCUT2D eigenvalue weighted by atomic mass is 9.96. The zero-order chi connectivity index (χ0) is 33.1. The van der Waals surface area contributed by atoms with Crippen LogP contribution < -0.4 is 5.32 Å². The molecular formula is C39H45N5O3. The summed E-state index contributed by atoms with van der Waals surface area (Å²) in [5.74, 6) is 0.831. The topological polar surface area (TPSA) is 98.4 Å². The van der Waals surface area contributed by atoms with Crippen LogP contribution in [0, 0.1) is 11.8 Å². The number of H-pyrrole nitrogens is 1. The molecule has 4 aromatic rings. The van der Waals surface area contributed by atoms with Crippen LogP contribution in [0.25, 0.3) is 22.4 Å². The van der Waals surface area contributed by atoms with Gasteiger partial charge in [-0.05, 0) is 67.3 Å². The van der Waals surface area contributed by atoms with E-state index in [9.17, 15) is 14.4 Å². The fourth-order valence-electron chi connectivity index (χ4n) is 6.76. The third-order valence-electron chi connectivity index (χ3n) is 10.0. The van der Waals surface area contributed by atoms with Gasteiger partial charge in [0.25, 0.3) is 0 Å². The van der Waals surface area contributed by atoms with E-state index in [1.165, 1.54) is 0 Å². The highest BCUT2D eigenvalue weighted by Crippen LogP contribution is 2.35. The number of rotatable bonds is 9. The molecule has 4 atom stereocenters. The molecule has 6 rings (SSSR count). The van der Waals surface area contributed by atoms with Crippen molar-refractivity contribution in [2.75, 3.05) is 18.4 Å². The number of likely N-dealkylation sites (tertiary alicyclic amines) is 2. The molecular weight excluding hydrogens is 586 g/mol. The first-order valence-corrected chi connectivity index (χ1v) is 16.9. The molecule has 0 radical (unpaired) electrons. The molecule has 244 valence electrons. The third-order valence-corrected chi connectivity index (χ3v) is 10.0. The van der Waals surface area contributed by atoms with Crippen LogP contribution in [0.1, 0.15) is 76.7 Å². The highest BCUT2D eigenvalue weighted by molar-refractivity contribution is 5.98. The molecule has 0 bridgehead atoms. The number of anilines is 1. The second-order valence-electron chi connectivity index (χ2n) is 13.4. The molecule has 1 aromatic heterocycles. The summed E-state index contributed by atoms with van der Waals surface area (Å²) in [7, 11) is 0. The Morgan fingerprint density at radius 3 is 2.06 bits per heavy atom. The SMILES string of the molecule is CC(C)[C@H](C)C(=O)N1CCC[C@H]1C(=O)Nc1ccc(-c2ccc(-c3c[nH]c([C@@H]4CCCN4C(=O)[C@H](C)c4ccccc4)n3)cc2)cc1. The van der Waals surface area contributed by atoms with Crippen molar-refractivity contribution in [3.63, 3.8) is 0 Å². The number of imidazole rings is 1. The maximum Gasteiger partial charge on any atom is 0.247 e. The van der Waals surface area contributed by atoms with E-state index in [-0.39, 0.29) is 41.5 Å². The Morgan fingerprint density at radius 1 is 0.766 bits per heavy atom. The summed E-state index contributed by atoms with van der Waals surface area (Å²) in [6.07, 6.45) is 5.31. The summed E-state index contributed by atoms with van der Waals surface area (Å²) in [6.45, 7) is 9.38. The Bertz CT molecular complexity index is 1700. The lowest BCUT2D eigenvalue weighted by Crippen LogP contribution is -2.46. The van der Waals surface area contributed by atoms with E-state index in [0.29, 0.717) is 18.7 Å². The molecule has 2 aliphatic rings. The number of aromatic amines is 1. The van der Waals surface area contributed by atoms with Crippen molar-refractivity contribution in [3.05, 3.63) is 96.4 Å². The molecule has 0 unspecified atom stereocenters. The van der Waals surface area contributed by atoms with Crippen molar-refractivity contribution in [3.8, 4) is 22.4 Å². The van der Waals surface area contributed by atoms with Crippen LogP contribution in [-0.2, 0) is 14.4 Å². The van der Waals surface area contributed by atoms with E-state index in [4.69, 9.17) is 4.98 Å². The monoisotopic (exact) mass is 631 g/mol. The van der Waals surface area contributed by atoms with Crippen molar-refractivity contribution < 1.29 is 14.4 Å². The van der Waals surface area contributed by atoms with Gasteiger partial charge in [0.2, 0.25) is 17.7 Å². The standard InChI is InChI=1S/C39H45N5O3/c1-25(2)26(3)38(46)44-23-9-13-35(44)37(45)41-32-20-18-30(19-21-32)29-14-16-31(17-15-29)33-24-40-36(42-33)34-12-8-22-43(34)39(47)27(4)28-10-6-5-7-11-28/h5-7,10-11,14-21,24-27,34-35H,8-9,12-13,22-23H2,1-4H3,(H,40,42)(H,41,45)/t26-,27+,34-,35-/m0/s1. The minimum Gasteiger partial charge on any atom is -0.346 e. The Balaban J connectivity index is 1.08. The first kappa shape index (κ1) is 32.2. The highest BCUT2D eigenvalue weighted by Gasteiger charge is 2.37. The maximum atomic E-state index is 13.4. The first-order valence-electron chi connectivity index (χ1n) is 16.9. The zero-order valence-electron chi connectivity index (χ0n) is 27.8. The van der Waals surface area contributed by atoms with Gasteiger partial charge in [0, 0.05) is 36.5 Å². The normalized spacial score (nSPS) is 19.2. The number of amides is 3. The number of carbonyl (C=O) groups is 3. The van der Waals surface area contributed by atoms with Crippen LogP contribution >= 0.6 is 0 Å². The smallest absolute Gasteiger partial charge is 0.247 e. The van der Waals surface area contributed by atoms with E-state index in [1.807, 2.05) is 93.4 Å². The average Bonchev–Trinajstić information content (AvgIpc) is 3.89. The number of aromatic nitrogens is 2. The van der Waals surface area contributed by atoms with E-state index in [2.05, 4.69) is 34.6 Å². The van der Waals surface area contributed by atoms with Gasteiger partial charge in [0.1, 0.15) is 11.9 Å². The van der Waals surface area contributed by atoms with E-state index < -0.39 is 6.04 Å². The Hall–Kier alpha value is -4.72. The Labute approximate surface area is 277 Å². The van der Waals surface area contributed by atoms with Crippen molar-refractivity contribution >= 4 is 23.4 Å². The molecule has 8 nitrogen and oxygen atoms in total. The molecule has 0 saturated carbocycles. The molecule has 2 aliphatic heterocycles. The minimum absolute atomic E-state index is 0.0541. The van der Waals surface area contributed by atoms with E-state index >= 15 is 0 Å². The van der Waals surface area contributed by atoms with Crippen LogP contribution in [0.5, 0.6) is 0 Å². The van der Waals surface area contributed by atoms with Gasteiger partial charge in [-0.25, -0.2) is 4.98 Å². The number of hydrogen-bond acceptors (Lipinski definition) is 4. The molecule has 2 saturated heterocycles. The van der Waals surface area contributed by atoms with Gasteiger partial charge in [0.05, 0.1) is 17.7 Å². The van der Waals surface area contributed by atoms with Crippen LogP contribution in [0.2, 0.25) is 0 Å². The van der Waals surface area contributed by atoms with Crippen molar-refractivity contribution in [1.82, 2.24) is 19.8 Å². The molecule has 0 aliphatic carbocycles. The summed E-state index contributed by atoms with van der Waals surface area (Å²) in [5.41, 5.74) is 5.68. The number of nitrogens with one attached hydrogen (secondary N) is 2. The minimum atomic E-state index is -0.423. The Morgan fingerprint density at radius 2 is 1.38 bits per heavy atom. The predicted octanol–water partition coefficient (Wildman–Crippen LogP) is 7.43. The second kappa shape index (κ2) is 14.0. The molecule has 8 heteroatoms. The summed E-state index contributed by atoms with van der Waals surface area (Å²) in [4.78, 5) is 51.6. The Kier molecular flexibility index (Phi) is 9.57. The van der Waals surface area contributed by atoms with Crippen molar-refractivity contribution in [2.45, 2.75) is 71.4 Å². The van der Waals surface area contributed by atoms with Crippen LogP contribution in [0.4, 0.5) is 5.69 Å². The number of carbonyl (C=O) groups excluding carboxylic acids is 3. The molecule has 3 aromatic carbocycles. The lowest BCUT2D eigenvalue weighted by Gasteiger charge is -2.28. The number of hydrogen-bond donors (Lipinski definition) is 2. The average molecular weight is 632 g/mol. The van der Waals surface area contributed by atoms with Crippen LogP contribution in [-0.4, -0.2) is 56.6 Å². The molecule has 3 amide bonds. The van der Waals surface area contributed by atoms with Crippen molar-refractivity contribution in [1.29, 1.82) is 0 Å². The fraction of sp³-hybridized carbons (Fsp3) is 0.385. The third kappa shape index (κ3) is 6.87. The second-order valence-corrected chi connectivity index (χ2v) is 13.4. The summed E-state index contributed by atoms with van der Waals surface area (Å²) >= 11 is 0. The quantitative estimate of drug-likeness (QED) is 0.201. The summed E-state index contributed by atoms with van der Waals surface area (Å²) < 4.78 is 0. The van der Waals surface area contributed by atoms with E-state index in [1.54, 1.807) is 4.90 Å². The van der Waals surface area contributed by atoms with Gasteiger partial charge in [-0.1, -0.05) is 87.5 Å². The first-order chi connectivity index (χ1) is 22.7. The number of nitrogens with zero attached hydrogens (tertiary/aromatic N) is 3. The zero-order valence-corrected chi connectivity index (χ0v) is 27.8. The fourth-order valence-corrected chi connectivity index (χ4v) is 6.76. The van der Waals surface area contributed by atoms with Gasteiger partial charge in [0.15, 0.2) is 0 Å². The number of benzene rings is 3. The van der Waals surface area contributed by atoms with Crippen LogP contribution in [0.3, 0.4) is 0 Å². The van der Waals surface area contributed by atoms with Gasteiger partial charge in [-0.15, -0.1) is 0 Å². The lowest BCUT2D eigenvalue weighted by molar-refractivity contribution is -0.140. The molecule has 2 fully saturated rings. The molecule has 0 spiro atoms. The van der Waals surface area contributed by atoms with Gasteiger partial charge >= 0.3 is 0 Å². The summed E-state index contributed by atoms with van der Waals surface area (Å²) in [6, 6.07) is 25.5. The largest absolute Gasteiger partial charge is 0.346 e.